The normalized spacial score (nSPS) is 14.9. The van der Waals surface area contributed by atoms with E-state index < -0.39 is 0 Å². The molecular weight excluding hydrogens is 180 g/mol. The highest BCUT2D eigenvalue weighted by atomic mass is 16.5. The number of ether oxygens (including phenoxy) is 1. The number of aromatic nitrogens is 1. The first-order valence-electron chi connectivity index (χ1n) is 4.36. The van der Waals surface area contributed by atoms with Gasteiger partial charge in [-0.2, -0.15) is 0 Å². The maximum absolute atomic E-state index is 11.0. The summed E-state index contributed by atoms with van der Waals surface area (Å²) >= 11 is 0. The van der Waals surface area contributed by atoms with Gasteiger partial charge in [-0.15, -0.1) is 0 Å². The van der Waals surface area contributed by atoms with E-state index in [1.54, 1.807) is 18.5 Å². The number of cyclic esters (lactones) is 1. The Balaban J connectivity index is 1.92. The average Bonchev–Trinajstić information content (AvgIpc) is 2.63. The van der Waals surface area contributed by atoms with Crippen LogP contribution in [-0.2, 0) is 16.1 Å². The number of pyridine rings is 1. The summed E-state index contributed by atoms with van der Waals surface area (Å²) in [5, 5.41) is 3.01. The highest BCUT2D eigenvalue weighted by Gasteiger charge is 2.15. The fourth-order valence-corrected chi connectivity index (χ4v) is 1.20. The first kappa shape index (κ1) is 8.74. The largest absolute Gasteiger partial charge is 0.457 e. The van der Waals surface area contributed by atoms with Gasteiger partial charge in [0, 0.05) is 18.9 Å². The van der Waals surface area contributed by atoms with Crippen molar-refractivity contribution in [2.75, 3.05) is 6.61 Å². The van der Waals surface area contributed by atoms with Crippen molar-refractivity contribution >= 4 is 5.97 Å². The van der Waals surface area contributed by atoms with E-state index in [1.807, 2.05) is 12.1 Å². The van der Waals surface area contributed by atoms with Crippen LogP contribution in [0.15, 0.2) is 36.3 Å². The summed E-state index contributed by atoms with van der Waals surface area (Å²) in [5.41, 5.74) is 1.63. The zero-order valence-electron chi connectivity index (χ0n) is 7.56. The maximum Gasteiger partial charge on any atom is 0.354 e. The molecule has 0 fully saturated rings. The lowest BCUT2D eigenvalue weighted by atomic mass is 10.2. The SMILES string of the molecule is O=C1OCC=C1NCc1ccncc1. The van der Waals surface area contributed by atoms with Crippen molar-refractivity contribution in [3.63, 3.8) is 0 Å². The molecule has 0 atom stereocenters. The lowest BCUT2D eigenvalue weighted by Gasteiger charge is -2.04. The van der Waals surface area contributed by atoms with Crippen LogP contribution in [-0.4, -0.2) is 17.6 Å². The predicted molar refractivity (Wildman–Crippen MR) is 50.1 cm³/mol. The number of hydrogen-bond acceptors (Lipinski definition) is 4. The molecule has 72 valence electrons. The van der Waals surface area contributed by atoms with Crippen molar-refractivity contribution in [3.8, 4) is 0 Å². The molecule has 0 amide bonds. The molecule has 0 aliphatic carbocycles. The Morgan fingerprint density at radius 3 is 2.86 bits per heavy atom. The van der Waals surface area contributed by atoms with Crippen molar-refractivity contribution in [2.24, 2.45) is 0 Å². The van der Waals surface area contributed by atoms with E-state index in [-0.39, 0.29) is 5.97 Å². The smallest absolute Gasteiger partial charge is 0.354 e. The number of rotatable bonds is 3. The average molecular weight is 190 g/mol. The number of hydrogen-bond donors (Lipinski definition) is 1. The minimum atomic E-state index is -0.279. The van der Waals surface area contributed by atoms with Crippen LogP contribution < -0.4 is 5.32 Å². The Kier molecular flexibility index (Phi) is 2.44. The number of nitrogens with one attached hydrogen (secondary N) is 1. The van der Waals surface area contributed by atoms with Crippen LogP contribution in [0.2, 0.25) is 0 Å². The molecule has 0 radical (unpaired) electrons. The molecule has 1 aliphatic rings. The van der Waals surface area contributed by atoms with Crippen molar-refractivity contribution in [1.29, 1.82) is 0 Å². The van der Waals surface area contributed by atoms with E-state index in [0.717, 1.165) is 5.56 Å². The number of carbonyl (C=O) groups excluding carboxylic acids is 1. The van der Waals surface area contributed by atoms with Crippen molar-refractivity contribution < 1.29 is 9.53 Å². The molecule has 0 saturated carbocycles. The van der Waals surface area contributed by atoms with Gasteiger partial charge in [0.2, 0.25) is 0 Å². The Morgan fingerprint density at radius 1 is 1.43 bits per heavy atom. The zero-order chi connectivity index (χ0) is 9.80. The summed E-state index contributed by atoms with van der Waals surface area (Å²) in [7, 11) is 0. The molecule has 14 heavy (non-hydrogen) atoms. The van der Waals surface area contributed by atoms with Gasteiger partial charge in [-0.05, 0) is 23.8 Å². The number of nitrogens with zero attached hydrogens (tertiary/aromatic N) is 1. The summed E-state index contributed by atoms with van der Waals surface area (Å²) in [6.07, 6.45) is 5.18. The molecule has 0 saturated heterocycles. The van der Waals surface area contributed by atoms with E-state index >= 15 is 0 Å². The molecule has 0 unspecified atom stereocenters. The van der Waals surface area contributed by atoms with Crippen LogP contribution in [0.4, 0.5) is 0 Å². The van der Waals surface area contributed by atoms with Crippen LogP contribution >= 0.6 is 0 Å². The van der Waals surface area contributed by atoms with Crippen molar-refractivity contribution in [1.82, 2.24) is 10.3 Å². The Morgan fingerprint density at radius 2 is 2.21 bits per heavy atom. The van der Waals surface area contributed by atoms with Gasteiger partial charge in [0.25, 0.3) is 0 Å². The van der Waals surface area contributed by atoms with Crippen LogP contribution in [0.5, 0.6) is 0 Å². The van der Waals surface area contributed by atoms with E-state index in [1.165, 1.54) is 0 Å². The topological polar surface area (TPSA) is 51.2 Å². The van der Waals surface area contributed by atoms with Crippen molar-refractivity contribution in [3.05, 3.63) is 41.9 Å². The van der Waals surface area contributed by atoms with Gasteiger partial charge in [0.15, 0.2) is 0 Å². The van der Waals surface area contributed by atoms with Crippen molar-refractivity contribution in [2.45, 2.75) is 6.54 Å². The highest BCUT2D eigenvalue weighted by Crippen LogP contribution is 2.04. The molecule has 0 spiro atoms. The van der Waals surface area contributed by atoms with Gasteiger partial charge in [-0.1, -0.05) is 0 Å². The quantitative estimate of drug-likeness (QED) is 0.709. The van der Waals surface area contributed by atoms with Crippen LogP contribution in [0, 0.1) is 0 Å². The maximum atomic E-state index is 11.0. The molecular formula is C10H10N2O2. The molecule has 1 aromatic rings. The Labute approximate surface area is 81.6 Å². The molecule has 1 aromatic heterocycles. The third-order valence-electron chi connectivity index (χ3n) is 1.95. The van der Waals surface area contributed by atoms with Crippen LogP contribution in [0.25, 0.3) is 0 Å². The number of carbonyl (C=O) groups is 1. The third-order valence-corrected chi connectivity index (χ3v) is 1.95. The molecule has 1 aliphatic heterocycles. The van der Waals surface area contributed by atoms with Crippen LogP contribution in [0.3, 0.4) is 0 Å². The lowest BCUT2D eigenvalue weighted by molar-refractivity contribution is -0.136. The molecule has 2 rings (SSSR count). The van der Waals surface area contributed by atoms with Gasteiger partial charge in [-0.3, -0.25) is 4.98 Å². The van der Waals surface area contributed by atoms with E-state index in [0.29, 0.717) is 18.8 Å². The first-order valence-corrected chi connectivity index (χ1v) is 4.36. The van der Waals surface area contributed by atoms with Gasteiger partial charge < -0.3 is 10.1 Å². The van der Waals surface area contributed by atoms with Gasteiger partial charge >= 0.3 is 5.97 Å². The summed E-state index contributed by atoms with van der Waals surface area (Å²) in [6, 6.07) is 3.79. The fraction of sp³-hybridized carbons (Fsp3) is 0.200. The monoisotopic (exact) mass is 190 g/mol. The minimum Gasteiger partial charge on any atom is -0.457 e. The first-order chi connectivity index (χ1) is 6.86. The second-order valence-corrected chi connectivity index (χ2v) is 2.93. The summed E-state index contributed by atoms with van der Waals surface area (Å²) in [6.45, 7) is 0.987. The molecule has 2 heterocycles. The molecule has 4 nitrogen and oxygen atoms in total. The second-order valence-electron chi connectivity index (χ2n) is 2.93. The van der Waals surface area contributed by atoms with Gasteiger partial charge in [-0.25, -0.2) is 4.79 Å². The number of esters is 1. The fourth-order valence-electron chi connectivity index (χ4n) is 1.20. The predicted octanol–water partition coefficient (Wildman–Crippen LogP) is 0.612. The minimum absolute atomic E-state index is 0.279. The standard InChI is InChI=1S/C10H10N2O2/c13-10-9(3-6-14-10)12-7-8-1-4-11-5-2-8/h1-5,12H,6-7H2. The van der Waals surface area contributed by atoms with Gasteiger partial charge in [0.05, 0.1) is 0 Å². The van der Waals surface area contributed by atoms with Crippen LogP contribution in [0.1, 0.15) is 5.56 Å². The second kappa shape index (κ2) is 3.91. The molecule has 0 bridgehead atoms. The Hall–Kier alpha value is -1.84. The van der Waals surface area contributed by atoms with E-state index in [4.69, 9.17) is 4.74 Å². The molecule has 0 aromatic carbocycles. The summed E-state index contributed by atoms with van der Waals surface area (Å²) in [4.78, 5) is 14.9. The molecule has 1 N–H and O–H groups in total. The Bertz CT molecular complexity index is 360. The summed E-state index contributed by atoms with van der Waals surface area (Å²) < 4.78 is 4.75. The summed E-state index contributed by atoms with van der Waals surface area (Å²) in [5.74, 6) is -0.279. The van der Waals surface area contributed by atoms with Gasteiger partial charge in [0.1, 0.15) is 12.3 Å². The molecule has 4 heteroatoms. The highest BCUT2D eigenvalue weighted by molar-refractivity contribution is 5.89. The lowest BCUT2D eigenvalue weighted by Crippen LogP contribution is -2.17. The van der Waals surface area contributed by atoms with E-state index in [9.17, 15) is 4.79 Å². The third kappa shape index (κ3) is 1.90. The zero-order valence-corrected chi connectivity index (χ0v) is 7.56. The van der Waals surface area contributed by atoms with E-state index in [2.05, 4.69) is 10.3 Å².